The monoisotopic (exact) mass is 388 g/mol. The first-order valence-corrected chi connectivity index (χ1v) is 10.7. The van der Waals surface area contributed by atoms with Gasteiger partial charge in [-0.1, -0.05) is 48.6 Å². The van der Waals surface area contributed by atoms with Crippen LogP contribution in [-0.2, 0) is 4.79 Å². The summed E-state index contributed by atoms with van der Waals surface area (Å²) in [7, 11) is 0. The molecule has 1 aliphatic rings. The molecule has 0 aliphatic carbocycles. The summed E-state index contributed by atoms with van der Waals surface area (Å²) < 4.78 is 0. The maximum atomic E-state index is 12.5. The Bertz CT molecular complexity index is 706. The van der Waals surface area contributed by atoms with Gasteiger partial charge in [-0.2, -0.15) is 0 Å². The highest BCUT2D eigenvalue weighted by Crippen LogP contribution is 2.32. The maximum Gasteiger partial charge on any atom is 0.233 e. The van der Waals surface area contributed by atoms with Gasteiger partial charge in [0.15, 0.2) is 0 Å². The molecule has 138 valence electrons. The minimum absolute atomic E-state index is 0.187. The van der Waals surface area contributed by atoms with E-state index in [-0.39, 0.29) is 5.91 Å². The van der Waals surface area contributed by atoms with Gasteiger partial charge in [-0.3, -0.25) is 9.69 Å². The number of thioether (sulfide) groups is 1. The highest BCUT2D eigenvalue weighted by Gasteiger charge is 2.21. The van der Waals surface area contributed by atoms with Crippen molar-refractivity contribution in [2.24, 2.45) is 0 Å². The van der Waals surface area contributed by atoms with Crippen LogP contribution in [0.5, 0.6) is 0 Å². The first-order chi connectivity index (χ1) is 12.8. The molecule has 7 heteroatoms. The fourth-order valence-corrected chi connectivity index (χ4v) is 4.67. The minimum Gasteiger partial charge on any atom is -0.339 e. The Morgan fingerprint density at radius 3 is 2.42 bits per heavy atom. The third-order valence-corrected chi connectivity index (χ3v) is 6.28. The van der Waals surface area contributed by atoms with Crippen molar-refractivity contribution in [1.29, 1.82) is 0 Å². The molecule has 1 aromatic heterocycles. The summed E-state index contributed by atoms with van der Waals surface area (Å²) in [5, 5.41) is 1.67. The lowest BCUT2D eigenvalue weighted by Crippen LogP contribution is -2.49. The Labute approximate surface area is 163 Å². The predicted octanol–water partition coefficient (Wildman–Crippen LogP) is 3.27. The van der Waals surface area contributed by atoms with Gasteiger partial charge in [0.1, 0.15) is 10.1 Å². The van der Waals surface area contributed by atoms with E-state index >= 15 is 0 Å². The zero-order valence-electron chi connectivity index (χ0n) is 15.0. The van der Waals surface area contributed by atoms with E-state index in [1.165, 1.54) is 18.2 Å². The van der Waals surface area contributed by atoms with Gasteiger partial charge in [0.25, 0.3) is 0 Å². The standard InChI is InChI=1S/C19H24N4OS2/c1-2-10-22-11-13-23(14-12-22)17(24)15-25-18-19(21-9-8-20-18)26-16-6-4-3-5-7-16/h3-9H,2,10-15H2,1H3. The maximum absolute atomic E-state index is 12.5. The van der Waals surface area contributed by atoms with Crippen LogP contribution >= 0.6 is 23.5 Å². The summed E-state index contributed by atoms with van der Waals surface area (Å²) in [6, 6.07) is 10.1. The molecular weight excluding hydrogens is 364 g/mol. The first kappa shape index (κ1) is 19.2. The second-order valence-corrected chi connectivity index (χ2v) is 8.12. The molecule has 1 fully saturated rings. The first-order valence-electron chi connectivity index (χ1n) is 8.93. The van der Waals surface area contributed by atoms with E-state index in [0.29, 0.717) is 5.75 Å². The van der Waals surface area contributed by atoms with E-state index < -0.39 is 0 Å². The summed E-state index contributed by atoms with van der Waals surface area (Å²) in [4.78, 5) is 26.9. The molecule has 2 aromatic rings. The summed E-state index contributed by atoms with van der Waals surface area (Å²) in [6.45, 7) is 6.92. The number of carbonyl (C=O) groups is 1. The molecule has 0 spiro atoms. The van der Waals surface area contributed by atoms with E-state index in [0.717, 1.165) is 47.7 Å². The van der Waals surface area contributed by atoms with Gasteiger partial charge in [0, 0.05) is 43.5 Å². The fourth-order valence-electron chi connectivity index (χ4n) is 2.84. The summed E-state index contributed by atoms with van der Waals surface area (Å²) in [5.41, 5.74) is 0. The number of benzene rings is 1. The lowest BCUT2D eigenvalue weighted by atomic mass is 10.3. The van der Waals surface area contributed by atoms with Crippen LogP contribution in [0.1, 0.15) is 13.3 Å². The number of piperazine rings is 1. The van der Waals surface area contributed by atoms with Crippen LogP contribution < -0.4 is 0 Å². The van der Waals surface area contributed by atoms with Gasteiger partial charge in [-0.15, -0.1) is 0 Å². The number of aromatic nitrogens is 2. The molecular formula is C19H24N4OS2. The summed E-state index contributed by atoms with van der Waals surface area (Å²) in [6.07, 6.45) is 4.55. The van der Waals surface area contributed by atoms with Gasteiger partial charge in [0.2, 0.25) is 5.91 Å². The average molecular weight is 389 g/mol. The minimum atomic E-state index is 0.187. The van der Waals surface area contributed by atoms with Gasteiger partial charge in [0.05, 0.1) is 5.75 Å². The highest BCUT2D eigenvalue weighted by molar-refractivity contribution is 8.02. The fraction of sp³-hybridized carbons (Fsp3) is 0.421. The molecule has 1 aromatic carbocycles. The van der Waals surface area contributed by atoms with Crippen molar-refractivity contribution in [2.45, 2.75) is 28.3 Å². The third-order valence-electron chi connectivity index (χ3n) is 4.19. The zero-order valence-corrected chi connectivity index (χ0v) is 16.6. The second-order valence-electron chi connectivity index (χ2n) is 6.09. The van der Waals surface area contributed by atoms with Crippen molar-refractivity contribution in [3.8, 4) is 0 Å². The normalized spacial score (nSPS) is 15.2. The van der Waals surface area contributed by atoms with Crippen LogP contribution in [0.15, 0.2) is 57.7 Å². The third kappa shape index (κ3) is 5.46. The Balaban J connectivity index is 1.54. The molecule has 0 radical (unpaired) electrons. The molecule has 2 heterocycles. The van der Waals surface area contributed by atoms with Gasteiger partial charge in [-0.05, 0) is 25.1 Å². The molecule has 5 nitrogen and oxygen atoms in total. The van der Waals surface area contributed by atoms with Crippen molar-refractivity contribution < 1.29 is 4.79 Å². The van der Waals surface area contributed by atoms with Crippen LogP contribution in [0.2, 0.25) is 0 Å². The quantitative estimate of drug-likeness (QED) is 0.679. The Morgan fingerprint density at radius 1 is 1.04 bits per heavy atom. The van der Waals surface area contributed by atoms with E-state index in [1.807, 2.05) is 23.1 Å². The van der Waals surface area contributed by atoms with Crippen molar-refractivity contribution in [2.75, 3.05) is 38.5 Å². The molecule has 26 heavy (non-hydrogen) atoms. The van der Waals surface area contributed by atoms with Crippen molar-refractivity contribution in [3.63, 3.8) is 0 Å². The Kier molecular flexibility index (Phi) is 7.34. The Hall–Kier alpha value is -1.57. The van der Waals surface area contributed by atoms with Crippen molar-refractivity contribution >= 4 is 29.4 Å². The van der Waals surface area contributed by atoms with E-state index in [4.69, 9.17) is 0 Å². The molecule has 1 amide bonds. The summed E-state index contributed by atoms with van der Waals surface area (Å²) >= 11 is 3.06. The molecule has 0 saturated carbocycles. The van der Waals surface area contributed by atoms with E-state index in [1.54, 1.807) is 24.2 Å². The molecule has 0 N–H and O–H groups in total. The van der Waals surface area contributed by atoms with Crippen LogP contribution in [0.25, 0.3) is 0 Å². The molecule has 0 atom stereocenters. The van der Waals surface area contributed by atoms with Crippen LogP contribution in [0.4, 0.5) is 0 Å². The number of carbonyl (C=O) groups excluding carboxylic acids is 1. The van der Waals surface area contributed by atoms with Crippen molar-refractivity contribution in [1.82, 2.24) is 19.8 Å². The number of amides is 1. The zero-order chi connectivity index (χ0) is 18.2. The number of hydrogen-bond donors (Lipinski definition) is 0. The second kappa shape index (κ2) is 9.94. The molecule has 3 rings (SSSR count). The molecule has 1 aliphatic heterocycles. The molecule has 0 bridgehead atoms. The van der Waals surface area contributed by atoms with Gasteiger partial charge in [-0.25, -0.2) is 9.97 Å². The summed E-state index contributed by atoms with van der Waals surface area (Å²) in [5.74, 6) is 0.599. The largest absolute Gasteiger partial charge is 0.339 e. The molecule has 1 saturated heterocycles. The smallest absolute Gasteiger partial charge is 0.233 e. The van der Waals surface area contributed by atoms with Crippen LogP contribution in [0, 0.1) is 0 Å². The van der Waals surface area contributed by atoms with E-state index in [9.17, 15) is 4.79 Å². The number of nitrogens with zero attached hydrogens (tertiary/aromatic N) is 4. The lowest BCUT2D eigenvalue weighted by Gasteiger charge is -2.34. The van der Waals surface area contributed by atoms with Crippen LogP contribution in [0.3, 0.4) is 0 Å². The lowest BCUT2D eigenvalue weighted by molar-refractivity contribution is -0.130. The Morgan fingerprint density at radius 2 is 1.73 bits per heavy atom. The van der Waals surface area contributed by atoms with Crippen molar-refractivity contribution in [3.05, 3.63) is 42.7 Å². The number of rotatable bonds is 7. The predicted molar refractivity (Wildman–Crippen MR) is 107 cm³/mol. The highest BCUT2D eigenvalue weighted by atomic mass is 32.2. The van der Waals surface area contributed by atoms with E-state index in [2.05, 4.69) is 33.9 Å². The van der Waals surface area contributed by atoms with Gasteiger partial charge >= 0.3 is 0 Å². The number of hydrogen-bond acceptors (Lipinski definition) is 6. The van der Waals surface area contributed by atoms with Crippen LogP contribution in [-0.4, -0.2) is 64.2 Å². The van der Waals surface area contributed by atoms with Gasteiger partial charge < -0.3 is 4.90 Å². The molecule has 0 unspecified atom stereocenters. The topological polar surface area (TPSA) is 49.3 Å². The SMILES string of the molecule is CCCN1CCN(C(=O)CSc2nccnc2Sc2ccccc2)CC1. The average Bonchev–Trinajstić information content (AvgIpc) is 2.69.